The molecule has 0 unspecified atom stereocenters. The fraction of sp³-hybridized carbons (Fsp3) is 0.407. The summed E-state index contributed by atoms with van der Waals surface area (Å²) in [6.45, 7) is 8.93. The van der Waals surface area contributed by atoms with Crippen molar-refractivity contribution < 1.29 is 9.59 Å². The van der Waals surface area contributed by atoms with Crippen LogP contribution in [0.2, 0.25) is 0 Å². The molecule has 0 spiro atoms. The van der Waals surface area contributed by atoms with Gasteiger partial charge in [-0.3, -0.25) is 15.1 Å². The molecule has 3 amide bonds. The lowest BCUT2D eigenvalue weighted by Crippen LogP contribution is -2.45. The Morgan fingerprint density at radius 1 is 1.03 bits per heavy atom. The molecular formula is C27H36N8O2S. The smallest absolute Gasteiger partial charge is 0.323 e. The number of benzene rings is 1. The first-order valence-corrected chi connectivity index (χ1v) is 13.9. The number of thiazole rings is 1. The molecule has 0 atom stereocenters. The minimum Gasteiger partial charge on any atom is -0.384 e. The molecule has 0 radical (unpaired) electrons. The predicted molar refractivity (Wildman–Crippen MR) is 153 cm³/mol. The predicted octanol–water partition coefficient (Wildman–Crippen LogP) is 3.89. The van der Waals surface area contributed by atoms with Crippen LogP contribution in [-0.2, 0) is 6.54 Å². The number of hydrogen-bond donors (Lipinski definition) is 3. The van der Waals surface area contributed by atoms with Gasteiger partial charge in [0, 0.05) is 63.6 Å². The third-order valence-electron chi connectivity index (χ3n) is 6.40. The molecule has 1 fully saturated rings. The summed E-state index contributed by atoms with van der Waals surface area (Å²) in [6, 6.07) is 10.9. The van der Waals surface area contributed by atoms with Crippen LogP contribution >= 0.6 is 11.3 Å². The fourth-order valence-electron chi connectivity index (χ4n) is 4.26. The number of nitrogens with one attached hydrogen (secondary N) is 3. The summed E-state index contributed by atoms with van der Waals surface area (Å²) >= 11 is 1.39. The highest BCUT2D eigenvalue weighted by Gasteiger charge is 2.18. The largest absolute Gasteiger partial charge is 0.384 e. The molecule has 3 aromatic rings. The average Bonchev–Trinajstić information content (AvgIpc) is 3.44. The van der Waals surface area contributed by atoms with Gasteiger partial charge in [-0.15, -0.1) is 11.3 Å². The minimum atomic E-state index is -0.285. The number of rotatable bonds is 11. The third kappa shape index (κ3) is 7.98. The van der Waals surface area contributed by atoms with Gasteiger partial charge in [-0.2, -0.15) is 0 Å². The van der Waals surface area contributed by atoms with E-state index >= 15 is 0 Å². The first kappa shape index (κ1) is 27.5. The number of anilines is 3. The monoisotopic (exact) mass is 536 g/mol. The van der Waals surface area contributed by atoms with E-state index in [9.17, 15) is 9.59 Å². The van der Waals surface area contributed by atoms with Crippen LogP contribution in [0, 0.1) is 0 Å². The molecular weight excluding hydrogens is 500 g/mol. The molecule has 1 aromatic carbocycles. The molecule has 2 aromatic heterocycles. The van der Waals surface area contributed by atoms with Crippen molar-refractivity contribution in [1.29, 1.82) is 0 Å². The number of carbonyl (C=O) groups is 2. The van der Waals surface area contributed by atoms with Crippen molar-refractivity contribution in [1.82, 2.24) is 24.7 Å². The number of urea groups is 1. The molecule has 3 N–H and O–H groups in total. The number of piperazine rings is 1. The Labute approximate surface area is 228 Å². The second kappa shape index (κ2) is 13.8. The van der Waals surface area contributed by atoms with Crippen molar-refractivity contribution in [2.45, 2.75) is 19.9 Å². The van der Waals surface area contributed by atoms with Gasteiger partial charge in [0.25, 0.3) is 5.91 Å². The van der Waals surface area contributed by atoms with E-state index in [2.05, 4.69) is 42.8 Å². The van der Waals surface area contributed by atoms with Gasteiger partial charge in [0.1, 0.15) is 5.69 Å². The van der Waals surface area contributed by atoms with E-state index in [1.807, 2.05) is 42.6 Å². The van der Waals surface area contributed by atoms with Crippen molar-refractivity contribution in [2.75, 3.05) is 68.8 Å². The highest BCUT2D eigenvalue weighted by Crippen LogP contribution is 2.21. The lowest BCUT2D eigenvalue weighted by atomic mass is 10.2. The number of aromatic nitrogens is 2. The first-order valence-electron chi connectivity index (χ1n) is 13.0. The van der Waals surface area contributed by atoms with Crippen LogP contribution in [0.1, 0.15) is 29.4 Å². The summed E-state index contributed by atoms with van der Waals surface area (Å²) in [5.74, 6) is -0.285. The van der Waals surface area contributed by atoms with Crippen LogP contribution in [0.4, 0.5) is 21.3 Å². The van der Waals surface area contributed by atoms with Gasteiger partial charge < -0.3 is 25.3 Å². The van der Waals surface area contributed by atoms with E-state index in [0.29, 0.717) is 29.6 Å². The second-order valence-electron chi connectivity index (χ2n) is 9.27. The molecule has 4 rings (SSSR count). The number of amides is 3. The fourth-order valence-corrected chi connectivity index (χ4v) is 4.78. The zero-order chi connectivity index (χ0) is 26.7. The average molecular weight is 537 g/mol. The summed E-state index contributed by atoms with van der Waals surface area (Å²) in [5, 5.41) is 11.5. The van der Waals surface area contributed by atoms with E-state index < -0.39 is 0 Å². The Morgan fingerprint density at radius 2 is 1.82 bits per heavy atom. The van der Waals surface area contributed by atoms with Crippen molar-refractivity contribution in [3.63, 3.8) is 0 Å². The maximum atomic E-state index is 13.1. The summed E-state index contributed by atoms with van der Waals surface area (Å²) < 4.78 is 0. The molecule has 0 aliphatic carbocycles. The summed E-state index contributed by atoms with van der Waals surface area (Å²) in [6.07, 6.45) is 4.20. The second-order valence-corrected chi connectivity index (χ2v) is 10.2. The Kier molecular flexibility index (Phi) is 10.0. The van der Waals surface area contributed by atoms with Crippen LogP contribution in [0.5, 0.6) is 0 Å². The van der Waals surface area contributed by atoms with Crippen molar-refractivity contribution in [2.24, 2.45) is 0 Å². The minimum absolute atomic E-state index is 0.194. The van der Waals surface area contributed by atoms with Crippen LogP contribution < -0.4 is 16.0 Å². The number of nitrogens with zero attached hydrogens (tertiary/aromatic N) is 5. The topological polar surface area (TPSA) is 106 Å². The lowest BCUT2D eigenvalue weighted by molar-refractivity contribution is 0.102. The normalized spacial score (nSPS) is 14.2. The van der Waals surface area contributed by atoms with Gasteiger partial charge in [0.05, 0.1) is 11.4 Å². The number of hydrogen-bond acceptors (Lipinski definition) is 8. The van der Waals surface area contributed by atoms with Gasteiger partial charge in [-0.25, -0.2) is 9.78 Å². The lowest BCUT2D eigenvalue weighted by Gasteiger charge is -2.33. The van der Waals surface area contributed by atoms with Crippen molar-refractivity contribution in [3.05, 3.63) is 65.4 Å². The highest BCUT2D eigenvalue weighted by atomic mass is 32.1. The summed E-state index contributed by atoms with van der Waals surface area (Å²) in [5.41, 5.74) is 2.73. The van der Waals surface area contributed by atoms with E-state index in [0.717, 1.165) is 56.9 Å². The molecule has 0 bridgehead atoms. The molecule has 11 heteroatoms. The van der Waals surface area contributed by atoms with Crippen LogP contribution in [0.3, 0.4) is 0 Å². The van der Waals surface area contributed by atoms with Crippen LogP contribution in [0.25, 0.3) is 0 Å². The van der Waals surface area contributed by atoms with Crippen LogP contribution in [-0.4, -0.2) is 89.5 Å². The quantitative estimate of drug-likeness (QED) is 0.341. The molecule has 202 valence electrons. The van der Waals surface area contributed by atoms with E-state index in [1.165, 1.54) is 11.3 Å². The van der Waals surface area contributed by atoms with Gasteiger partial charge in [-0.05, 0) is 50.7 Å². The maximum Gasteiger partial charge on any atom is 0.323 e. The maximum absolute atomic E-state index is 13.1. The standard InChI is InChI=1S/C27H36N8O2S/c1-3-28-22-7-4-5-8-23(22)31-25(36)24-10-9-21(19-30-24)20-35(27(37)32-26-29-11-18-38-26)13-6-12-34-16-14-33(2)15-17-34/h4-5,7-11,18-19,28H,3,6,12-17,20H2,1-2H3,(H,31,36)(H,29,32,37). The Hall–Kier alpha value is -3.54. The molecule has 10 nitrogen and oxygen atoms in total. The Bertz CT molecular complexity index is 1160. The SMILES string of the molecule is CCNc1ccccc1NC(=O)c1ccc(CN(CCCN2CCN(C)CC2)C(=O)Nc2nccs2)cn1. The van der Waals surface area contributed by atoms with Gasteiger partial charge in [-0.1, -0.05) is 18.2 Å². The van der Waals surface area contributed by atoms with E-state index in [4.69, 9.17) is 0 Å². The van der Waals surface area contributed by atoms with Gasteiger partial charge in [0.2, 0.25) is 0 Å². The molecule has 1 aliphatic rings. The molecule has 0 saturated carbocycles. The zero-order valence-electron chi connectivity index (χ0n) is 22.0. The number of pyridine rings is 1. The van der Waals surface area contributed by atoms with Crippen molar-refractivity contribution >= 4 is 39.8 Å². The van der Waals surface area contributed by atoms with Gasteiger partial charge >= 0.3 is 6.03 Å². The van der Waals surface area contributed by atoms with E-state index in [-0.39, 0.29) is 11.9 Å². The zero-order valence-corrected chi connectivity index (χ0v) is 22.8. The van der Waals surface area contributed by atoms with Crippen molar-refractivity contribution in [3.8, 4) is 0 Å². The summed E-state index contributed by atoms with van der Waals surface area (Å²) in [4.78, 5) is 41.0. The first-order chi connectivity index (χ1) is 18.5. The molecule has 1 aliphatic heterocycles. The van der Waals surface area contributed by atoms with Crippen LogP contribution in [0.15, 0.2) is 54.2 Å². The molecule has 1 saturated heterocycles. The molecule has 38 heavy (non-hydrogen) atoms. The molecule has 3 heterocycles. The number of para-hydroxylation sites is 2. The Morgan fingerprint density at radius 3 is 2.50 bits per heavy atom. The van der Waals surface area contributed by atoms with Gasteiger partial charge in [0.15, 0.2) is 5.13 Å². The summed E-state index contributed by atoms with van der Waals surface area (Å²) in [7, 11) is 2.15. The number of likely N-dealkylation sites (N-methyl/N-ethyl adjacent to an activating group) is 1. The number of carbonyl (C=O) groups excluding carboxylic acids is 2. The Balaban J connectivity index is 1.37. The third-order valence-corrected chi connectivity index (χ3v) is 7.09. The highest BCUT2D eigenvalue weighted by molar-refractivity contribution is 7.13. The van der Waals surface area contributed by atoms with E-state index in [1.54, 1.807) is 23.4 Å².